The van der Waals surface area contributed by atoms with Crippen molar-refractivity contribution in [1.29, 1.82) is 0 Å². The van der Waals surface area contributed by atoms with E-state index in [9.17, 15) is 9.59 Å². The molecule has 6 aliphatic rings. The number of methoxy groups -OCH3 is 1. The van der Waals surface area contributed by atoms with Crippen LogP contribution in [0.1, 0.15) is 65.2 Å². The van der Waals surface area contributed by atoms with Gasteiger partial charge in [0.1, 0.15) is 5.60 Å². The smallest absolute Gasteiger partial charge is 0.311 e. The van der Waals surface area contributed by atoms with Gasteiger partial charge in [0.15, 0.2) is 0 Å². The van der Waals surface area contributed by atoms with Crippen LogP contribution in [0, 0.1) is 46.8 Å². The van der Waals surface area contributed by atoms with E-state index in [1.54, 1.807) is 0 Å². The lowest BCUT2D eigenvalue weighted by Gasteiger charge is -2.59. The largest absolute Gasteiger partial charge is 0.469 e. The second-order valence-corrected chi connectivity index (χ2v) is 10.6. The summed E-state index contributed by atoms with van der Waals surface area (Å²) >= 11 is 0. The topological polar surface area (TPSA) is 52.6 Å². The molecule has 0 aromatic rings. The van der Waals surface area contributed by atoms with Crippen molar-refractivity contribution in [3.63, 3.8) is 0 Å². The second-order valence-electron chi connectivity index (χ2n) is 10.6. The number of ether oxygens (including phenoxy) is 2. The zero-order valence-corrected chi connectivity index (χ0v) is 16.3. The third-order valence-electron chi connectivity index (χ3n) is 9.14. The Morgan fingerprint density at radius 1 is 0.923 bits per heavy atom. The molecule has 0 aromatic heterocycles. The number of rotatable bonds is 3. The molecule has 0 aliphatic heterocycles. The van der Waals surface area contributed by atoms with Crippen LogP contribution in [0.25, 0.3) is 0 Å². The molecule has 7 unspecified atom stereocenters. The normalized spacial score (nSPS) is 53.7. The van der Waals surface area contributed by atoms with Crippen molar-refractivity contribution in [2.75, 3.05) is 7.11 Å². The minimum Gasteiger partial charge on any atom is -0.469 e. The molecule has 0 radical (unpaired) electrons. The Morgan fingerprint density at radius 3 is 2.19 bits per heavy atom. The van der Waals surface area contributed by atoms with Crippen LogP contribution in [-0.2, 0) is 19.1 Å². The van der Waals surface area contributed by atoms with E-state index in [2.05, 4.69) is 13.8 Å². The Labute approximate surface area is 156 Å². The molecule has 6 aliphatic carbocycles. The summed E-state index contributed by atoms with van der Waals surface area (Å²) in [5.74, 6) is 3.66. The molecule has 6 rings (SSSR count). The fraction of sp³-hybridized carbons (Fsp3) is 0.909. The first-order valence-electron chi connectivity index (χ1n) is 10.7. The van der Waals surface area contributed by atoms with E-state index in [4.69, 9.17) is 9.47 Å². The van der Waals surface area contributed by atoms with E-state index >= 15 is 0 Å². The third-order valence-corrected chi connectivity index (χ3v) is 9.14. The molecule has 7 atom stereocenters. The molecule has 0 saturated heterocycles. The molecule has 0 N–H and O–H groups in total. The van der Waals surface area contributed by atoms with E-state index < -0.39 is 11.0 Å². The summed E-state index contributed by atoms with van der Waals surface area (Å²) < 4.78 is 11.5. The number of esters is 2. The lowest BCUT2D eigenvalue weighted by Crippen LogP contribution is -2.60. The first-order valence-corrected chi connectivity index (χ1v) is 10.7. The van der Waals surface area contributed by atoms with Crippen molar-refractivity contribution in [1.82, 2.24) is 0 Å². The van der Waals surface area contributed by atoms with Crippen LogP contribution in [0.3, 0.4) is 0 Å². The number of hydrogen-bond donors (Lipinski definition) is 0. The maximum absolute atomic E-state index is 13.2. The minimum atomic E-state index is -0.397. The quantitative estimate of drug-likeness (QED) is 0.715. The number of carbonyl (C=O) groups excluding carboxylic acids is 2. The van der Waals surface area contributed by atoms with Gasteiger partial charge < -0.3 is 9.47 Å². The fourth-order valence-corrected chi connectivity index (χ4v) is 8.25. The minimum absolute atomic E-state index is 0.0400. The van der Waals surface area contributed by atoms with Gasteiger partial charge in [-0.05, 0) is 80.5 Å². The van der Waals surface area contributed by atoms with Crippen molar-refractivity contribution in [3.05, 3.63) is 0 Å². The van der Waals surface area contributed by atoms with Crippen molar-refractivity contribution in [2.24, 2.45) is 46.8 Å². The van der Waals surface area contributed by atoms with E-state index in [-0.39, 0.29) is 17.9 Å². The molecule has 0 spiro atoms. The highest BCUT2D eigenvalue weighted by Gasteiger charge is 2.63. The highest BCUT2D eigenvalue weighted by molar-refractivity contribution is 5.78. The number of hydrogen-bond acceptors (Lipinski definition) is 4. The fourth-order valence-electron chi connectivity index (χ4n) is 8.25. The van der Waals surface area contributed by atoms with Crippen LogP contribution >= 0.6 is 0 Å². The van der Waals surface area contributed by atoms with Crippen molar-refractivity contribution < 1.29 is 19.1 Å². The average molecular weight is 360 g/mol. The van der Waals surface area contributed by atoms with Crippen molar-refractivity contribution in [2.45, 2.75) is 70.8 Å². The highest BCUT2D eigenvalue weighted by atomic mass is 16.6. The Balaban J connectivity index is 1.36. The molecule has 4 heteroatoms. The van der Waals surface area contributed by atoms with E-state index in [0.29, 0.717) is 36.0 Å². The Kier molecular flexibility index (Phi) is 3.60. The van der Waals surface area contributed by atoms with Crippen molar-refractivity contribution in [3.8, 4) is 0 Å². The highest BCUT2D eigenvalue weighted by Crippen LogP contribution is 2.64. The van der Waals surface area contributed by atoms with E-state index in [1.807, 2.05) is 0 Å². The SMILES string of the molecule is COC(=O)C12CC3CC(CC(OC(=O)C4CC5CC4C(C)C5C)(C3)C1)C2. The predicted molar refractivity (Wildman–Crippen MR) is 96.0 cm³/mol. The van der Waals surface area contributed by atoms with Gasteiger partial charge in [0.2, 0.25) is 0 Å². The monoisotopic (exact) mass is 360 g/mol. The summed E-state index contributed by atoms with van der Waals surface area (Å²) in [7, 11) is 1.50. The number of carbonyl (C=O) groups is 2. The van der Waals surface area contributed by atoms with Gasteiger partial charge in [-0.15, -0.1) is 0 Å². The Bertz CT molecular complexity index is 624. The van der Waals surface area contributed by atoms with Gasteiger partial charge in [-0.3, -0.25) is 9.59 Å². The average Bonchev–Trinajstić information content (AvgIpc) is 3.13. The lowest BCUT2D eigenvalue weighted by atomic mass is 9.48. The van der Waals surface area contributed by atoms with E-state index in [1.165, 1.54) is 20.0 Å². The van der Waals surface area contributed by atoms with Crippen LogP contribution in [0.4, 0.5) is 0 Å². The molecule has 0 aromatic carbocycles. The zero-order chi connectivity index (χ0) is 18.3. The molecule has 26 heavy (non-hydrogen) atoms. The molecular weight excluding hydrogens is 328 g/mol. The molecule has 4 nitrogen and oxygen atoms in total. The molecule has 6 saturated carbocycles. The van der Waals surface area contributed by atoms with Gasteiger partial charge >= 0.3 is 11.9 Å². The van der Waals surface area contributed by atoms with E-state index in [0.717, 1.165) is 38.0 Å². The van der Waals surface area contributed by atoms with Gasteiger partial charge in [0.25, 0.3) is 0 Å². The standard InChI is InChI=1S/C22H32O4/c1-12-13(2)17-5-16(12)6-18(17)19(23)26-22-9-14-4-15(10-22)8-21(7-14,11-22)20(24)25-3/h12-18H,4-11H2,1-3H3. The van der Waals surface area contributed by atoms with Gasteiger partial charge in [-0.2, -0.15) is 0 Å². The molecule has 0 amide bonds. The first-order chi connectivity index (χ1) is 12.3. The summed E-state index contributed by atoms with van der Waals surface area (Å²) in [4.78, 5) is 25.7. The summed E-state index contributed by atoms with van der Waals surface area (Å²) in [5.41, 5.74) is -0.790. The summed E-state index contributed by atoms with van der Waals surface area (Å²) in [5, 5.41) is 0. The van der Waals surface area contributed by atoms with Crippen LogP contribution < -0.4 is 0 Å². The van der Waals surface area contributed by atoms with Crippen LogP contribution in [0.5, 0.6) is 0 Å². The van der Waals surface area contributed by atoms with Crippen LogP contribution in [0.2, 0.25) is 0 Å². The zero-order valence-electron chi connectivity index (χ0n) is 16.3. The maximum Gasteiger partial charge on any atom is 0.311 e. The molecule has 6 fully saturated rings. The number of fused-ring (bicyclic) bond motifs is 2. The van der Waals surface area contributed by atoms with Gasteiger partial charge in [-0.1, -0.05) is 13.8 Å². The Morgan fingerprint density at radius 2 is 1.62 bits per heavy atom. The Hall–Kier alpha value is -1.06. The predicted octanol–water partition coefficient (Wildman–Crippen LogP) is 3.97. The molecule has 0 heterocycles. The summed E-state index contributed by atoms with van der Waals surface area (Å²) in [6.07, 6.45) is 7.88. The van der Waals surface area contributed by atoms with Crippen LogP contribution in [-0.4, -0.2) is 24.6 Å². The second kappa shape index (κ2) is 5.48. The van der Waals surface area contributed by atoms with Gasteiger partial charge in [0, 0.05) is 6.42 Å². The van der Waals surface area contributed by atoms with Crippen LogP contribution in [0.15, 0.2) is 0 Å². The maximum atomic E-state index is 13.2. The molecular formula is C22H32O4. The molecule has 144 valence electrons. The third kappa shape index (κ3) is 2.26. The molecule has 6 bridgehead atoms. The van der Waals surface area contributed by atoms with Gasteiger partial charge in [-0.25, -0.2) is 0 Å². The summed E-state index contributed by atoms with van der Waals surface area (Å²) in [6.45, 7) is 4.65. The lowest BCUT2D eigenvalue weighted by molar-refractivity contribution is -0.215. The summed E-state index contributed by atoms with van der Waals surface area (Å²) in [6, 6.07) is 0. The van der Waals surface area contributed by atoms with Gasteiger partial charge in [0.05, 0.1) is 18.4 Å². The van der Waals surface area contributed by atoms with Crippen molar-refractivity contribution >= 4 is 11.9 Å². The first kappa shape index (κ1) is 17.1.